The summed E-state index contributed by atoms with van der Waals surface area (Å²) in [6, 6.07) is 5.45. The van der Waals surface area contributed by atoms with Gasteiger partial charge in [0.2, 0.25) is 0 Å². The van der Waals surface area contributed by atoms with Gasteiger partial charge in [0.1, 0.15) is 5.82 Å². The molecule has 80 valence electrons. The average Bonchev–Trinajstić information content (AvgIpc) is 2.65. The van der Waals surface area contributed by atoms with Crippen molar-refractivity contribution in [2.24, 2.45) is 0 Å². The summed E-state index contributed by atoms with van der Waals surface area (Å²) in [6.07, 6.45) is 0.196. The molecule has 0 bridgehead atoms. The summed E-state index contributed by atoms with van der Waals surface area (Å²) in [6.45, 7) is 0.938. The predicted molar refractivity (Wildman–Crippen MR) is 52.9 cm³/mol. The quantitative estimate of drug-likeness (QED) is 0.750. The maximum atomic E-state index is 12.6. The van der Waals surface area contributed by atoms with Gasteiger partial charge in [-0.25, -0.2) is 4.39 Å². The molecule has 15 heavy (non-hydrogen) atoms. The van der Waals surface area contributed by atoms with Gasteiger partial charge in [-0.05, 0) is 30.7 Å². The van der Waals surface area contributed by atoms with Crippen LogP contribution in [-0.4, -0.2) is 35.1 Å². The maximum absolute atomic E-state index is 12.6. The molecule has 1 aliphatic rings. The van der Waals surface area contributed by atoms with E-state index in [1.165, 1.54) is 24.3 Å². The minimum atomic E-state index is -0.422. The highest BCUT2D eigenvalue weighted by Gasteiger charge is 2.25. The van der Waals surface area contributed by atoms with Crippen molar-refractivity contribution in [1.82, 2.24) is 4.90 Å². The molecule has 0 spiro atoms. The number of hydrogen-bond donors (Lipinski definition) is 1. The molecule has 0 radical (unpaired) electrons. The summed E-state index contributed by atoms with van der Waals surface area (Å²) in [5.74, 6) is -0.500. The number of carbonyl (C=O) groups excluding carboxylic acids is 1. The van der Waals surface area contributed by atoms with Gasteiger partial charge in [0.05, 0.1) is 6.10 Å². The van der Waals surface area contributed by atoms with Gasteiger partial charge in [-0.1, -0.05) is 0 Å². The molecule has 1 N–H and O–H groups in total. The molecule has 1 atom stereocenters. The minimum Gasteiger partial charge on any atom is -0.391 e. The van der Waals surface area contributed by atoms with Crippen LogP contribution in [0.5, 0.6) is 0 Å². The smallest absolute Gasteiger partial charge is 0.253 e. The molecule has 3 nitrogen and oxygen atoms in total. The van der Waals surface area contributed by atoms with Gasteiger partial charge in [0.15, 0.2) is 0 Å². The van der Waals surface area contributed by atoms with Crippen LogP contribution < -0.4 is 0 Å². The largest absolute Gasteiger partial charge is 0.391 e. The lowest BCUT2D eigenvalue weighted by atomic mass is 10.2. The van der Waals surface area contributed by atoms with Crippen molar-refractivity contribution in [1.29, 1.82) is 0 Å². The fraction of sp³-hybridized carbons (Fsp3) is 0.364. The van der Waals surface area contributed by atoms with E-state index in [1.807, 2.05) is 0 Å². The monoisotopic (exact) mass is 209 g/mol. The Morgan fingerprint density at radius 3 is 2.60 bits per heavy atom. The Kier molecular flexibility index (Phi) is 2.68. The fourth-order valence-electron chi connectivity index (χ4n) is 1.70. The summed E-state index contributed by atoms with van der Waals surface area (Å²) in [5.41, 5.74) is 0.463. The van der Waals surface area contributed by atoms with Crippen LogP contribution in [0.1, 0.15) is 16.8 Å². The number of halogens is 1. The number of carbonyl (C=O) groups is 1. The number of nitrogens with zero attached hydrogens (tertiary/aromatic N) is 1. The third kappa shape index (κ3) is 2.15. The van der Waals surface area contributed by atoms with E-state index in [4.69, 9.17) is 0 Å². The summed E-state index contributed by atoms with van der Waals surface area (Å²) in [5, 5.41) is 9.29. The molecule has 0 aliphatic carbocycles. The highest BCUT2D eigenvalue weighted by Crippen LogP contribution is 2.13. The lowest BCUT2D eigenvalue weighted by Gasteiger charge is -2.15. The number of β-amino-alcohol motifs (C(OH)–C–C–N with tert-alkyl or cyclic N) is 1. The molecule has 1 aromatic rings. The van der Waals surface area contributed by atoms with E-state index >= 15 is 0 Å². The molecule has 1 heterocycles. The van der Waals surface area contributed by atoms with Crippen LogP contribution in [-0.2, 0) is 0 Å². The van der Waals surface area contributed by atoms with Crippen LogP contribution in [0.3, 0.4) is 0 Å². The molecule has 0 unspecified atom stereocenters. The van der Waals surface area contributed by atoms with Crippen molar-refractivity contribution >= 4 is 5.91 Å². The van der Waals surface area contributed by atoms with E-state index in [-0.39, 0.29) is 11.7 Å². The van der Waals surface area contributed by atoms with Crippen LogP contribution in [0.4, 0.5) is 4.39 Å². The van der Waals surface area contributed by atoms with Gasteiger partial charge in [-0.3, -0.25) is 4.79 Å². The maximum Gasteiger partial charge on any atom is 0.253 e. The first kappa shape index (κ1) is 10.1. The molecular formula is C11H12FNO2. The molecule has 0 saturated carbocycles. The Bertz CT molecular complexity index is 363. The Balaban J connectivity index is 2.11. The molecule has 1 amide bonds. The molecule has 1 aromatic carbocycles. The second kappa shape index (κ2) is 3.98. The topological polar surface area (TPSA) is 40.5 Å². The van der Waals surface area contributed by atoms with Crippen molar-refractivity contribution in [3.63, 3.8) is 0 Å². The fourth-order valence-corrected chi connectivity index (χ4v) is 1.70. The van der Waals surface area contributed by atoms with Crippen LogP contribution in [0, 0.1) is 5.82 Å². The summed E-state index contributed by atoms with van der Waals surface area (Å²) < 4.78 is 12.6. The summed E-state index contributed by atoms with van der Waals surface area (Å²) in [7, 11) is 0. The van der Waals surface area contributed by atoms with Gasteiger partial charge in [-0.15, -0.1) is 0 Å². The van der Waals surface area contributed by atoms with Gasteiger partial charge in [0, 0.05) is 18.7 Å². The van der Waals surface area contributed by atoms with E-state index in [2.05, 4.69) is 0 Å². The standard InChI is InChI=1S/C11H12FNO2/c12-9-3-1-8(2-4-9)11(15)13-6-5-10(14)7-13/h1-4,10,14H,5-7H2/t10-/m0/s1. The number of aliphatic hydroxyl groups excluding tert-OH is 1. The minimum absolute atomic E-state index is 0.147. The normalized spacial score (nSPS) is 20.7. The molecule has 1 fully saturated rings. The number of benzene rings is 1. The lowest BCUT2D eigenvalue weighted by molar-refractivity contribution is 0.0765. The second-order valence-corrected chi connectivity index (χ2v) is 3.70. The number of hydrogen-bond acceptors (Lipinski definition) is 2. The Hall–Kier alpha value is -1.42. The lowest BCUT2D eigenvalue weighted by Crippen LogP contribution is -2.29. The summed E-state index contributed by atoms with van der Waals surface area (Å²) in [4.78, 5) is 13.4. The first-order chi connectivity index (χ1) is 7.16. The third-order valence-electron chi connectivity index (χ3n) is 2.54. The Labute approximate surface area is 87.1 Å². The van der Waals surface area contributed by atoms with Crippen LogP contribution in [0.2, 0.25) is 0 Å². The molecule has 4 heteroatoms. The van der Waals surface area contributed by atoms with E-state index in [9.17, 15) is 14.3 Å². The molecule has 0 aromatic heterocycles. The zero-order valence-corrected chi connectivity index (χ0v) is 8.19. The van der Waals surface area contributed by atoms with Crippen molar-refractivity contribution in [3.8, 4) is 0 Å². The first-order valence-electron chi connectivity index (χ1n) is 4.90. The van der Waals surface area contributed by atoms with Gasteiger partial charge in [0.25, 0.3) is 5.91 Å². The first-order valence-corrected chi connectivity index (χ1v) is 4.90. The van der Waals surface area contributed by atoms with Crippen LogP contribution in [0.25, 0.3) is 0 Å². The number of aliphatic hydroxyl groups is 1. The van der Waals surface area contributed by atoms with Gasteiger partial charge in [-0.2, -0.15) is 0 Å². The molecular weight excluding hydrogens is 197 g/mol. The summed E-state index contributed by atoms with van der Waals surface area (Å²) >= 11 is 0. The van der Waals surface area contributed by atoms with Crippen molar-refractivity contribution in [2.45, 2.75) is 12.5 Å². The number of likely N-dealkylation sites (tertiary alicyclic amines) is 1. The highest BCUT2D eigenvalue weighted by molar-refractivity contribution is 5.94. The Morgan fingerprint density at radius 1 is 1.40 bits per heavy atom. The van der Waals surface area contributed by atoms with E-state index < -0.39 is 6.10 Å². The molecule has 1 saturated heterocycles. The van der Waals surface area contributed by atoms with E-state index in [0.717, 1.165) is 0 Å². The van der Waals surface area contributed by atoms with E-state index in [0.29, 0.717) is 25.1 Å². The predicted octanol–water partition coefficient (Wildman–Crippen LogP) is 1.03. The number of amides is 1. The number of rotatable bonds is 1. The second-order valence-electron chi connectivity index (χ2n) is 3.70. The van der Waals surface area contributed by atoms with Crippen molar-refractivity contribution < 1.29 is 14.3 Å². The average molecular weight is 209 g/mol. The van der Waals surface area contributed by atoms with Crippen LogP contribution >= 0.6 is 0 Å². The van der Waals surface area contributed by atoms with Gasteiger partial charge < -0.3 is 10.0 Å². The van der Waals surface area contributed by atoms with E-state index in [1.54, 1.807) is 4.90 Å². The van der Waals surface area contributed by atoms with Crippen molar-refractivity contribution in [2.75, 3.05) is 13.1 Å². The molecule has 1 aliphatic heterocycles. The van der Waals surface area contributed by atoms with Crippen LogP contribution in [0.15, 0.2) is 24.3 Å². The zero-order chi connectivity index (χ0) is 10.8. The van der Waals surface area contributed by atoms with Crippen molar-refractivity contribution in [3.05, 3.63) is 35.6 Å². The highest BCUT2D eigenvalue weighted by atomic mass is 19.1. The SMILES string of the molecule is O=C(c1ccc(F)cc1)N1CC[C@H](O)C1. The third-order valence-corrected chi connectivity index (χ3v) is 2.54. The van der Waals surface area contributed by atoms with Gasteiger partial charge >= 0.3 is 0 Å². The zero-order valence-electron chi connectivity index (χ0n) is 8.19. The Morgan fingerprint density at radius 2 is 2.07 bits per heavy atom. The molecule has 2 rings (SSSR count).